The van der Waals surface area contributed by atoms with E-state index in [-0.39, 0.29) is 6.79 Å². The van der Waals surface area contributed by atoms with Gasteiger partial charge in [-0.25, -0.2) is 4.98 Å². The fourth-order valence-electron chi connectivity index (χ4n) is 1.89. The first-order chi connectivity index (χ1) is 9.36. The third-order valence-electron chi connectivity index (χ3n) is 2.73. The van der Waals surface area contributed by atoms with Crippen molar-refractivity contribution in [1.29, 1.82) is 5.26 Å². The van der Waals surface area contributed by atoms with Gasteiger partial charge in [0.2, 0.25) is 6.79 Å². The zero-order valence-electron chi connectivity index (χ0n) is 10.1. The number of nitrogens with zero attached hydrogens (tertiary/aromatic N) is 3. The van der Waals surface area contributed by atoms with Gasteiger partial charge in [-0.2, -0.15) is 5.26 Å². The number of nitriles is 1. The summed E-state index contributed by atoms with van der Waals surface area (Å²) in [5.41, 5.74) is 1.11. The molecule has 0 radical (unpaired) electrons. The summed E-state index contributed by atoms with van der Waals surface area (Å²) in [6.45, 7) is 0.984. The molecule has 1 aromatic heterocycles. The molecule has 1 aromatic carbocycles. The third kappa shape index (κ3) is 2.51. The number of hydrogen-bond donors (Lipinski definition) is 0. The number of benzene rings is 1. The molecule has 5 nitrogen and oxygen atoms in total. The van der Waals surface area contributed by atoms with Crippen molar-refractivity contribution < 1.29 is 9.47 Å². The minimum absolute atomic E-state index is 0.285. The van der Waals surface area contributed by atoms with E-state index in [1.807, 2.05) is 29.0 Å². The Morgan fingerprint density at radius 1 is 1.37 bits per heavy atom. The molecule has 2 heterocycles. The van der Waals surface area contributed by atoms with E-state index in [0.717, 1.165) is 22.2 Å². The summed E-state index contributed by atoms with van der Waals surface area (Å²) in [7, 11) is 0. The van der Waals surface area contributed by atoms with Gasteiger partial charge in [0, 0.05) is 18.9 Å². The Hall–Kier alpha value is -2.13. The Kier molecular flexibility index (Phi) is 3.29. The van der Waals surface area contributed by atoms with Gasteiger partial charge < -0.3 is 14.0 Å². The monoisotopic (exact) mass is 273 g/mol. The summed E-state index contributed by atoms with van der Waals surface area (Å²) in [5.74, 6) is 1.97. The molecular weight excluding hydrogens is 262 g/mol. The number of hydrogen-bond acceptors (Lipinski definition) is 5. The molecule has 0 aliphatic carbocycles. The molecule has 0 saturated carbocycles. The van der Waals surface area contributed by atoms with Crippen molar-refractivity contribution in [2.75, 3.05) is 12.5 Å². The summed E-state index contributed by atoms with van der Waals surface area (Å²) in [6.07, 6.45) is 3.65. The second kappa shape index (κ2) is 5.24. The predicted molar refractivity (Wildman–Crippen MR) is 70.2 cm³/mol. The van der Waals surface area contributed by atoms with Crippen LogP contribution in [0.3, 0.4) is 0 Å². The maximum absolute atomic E-state index is 8.61. The van der Waals surface area contributed by atoms with Gasteiger partial charge in [0.25, 0.3) is 0 Å². The van der Waals surface area contributed by atoms with Crippen LogP contribution in [0.1, 0.15) is 5.56 Å². The zero-order valence-corrected chi connectivity index (χ0v) is 10.9. The SMILES string of the molecule is N#CCSc1nccn1Cc1ccc2c(c1)OCO2. The molecule has 2 aromatic rings. The molecule has 0 fully saturated rings. The molecule has 0 N–H and O–H groups in total. The van der Waals surface area contributed by atoms with Gasteiger partial charge >= 0.3 is 0 Å². The number of thioether (sulfide) groups is 1. The standard InChI is InChI=1S/C13H11N3O2S/c14-3-6-19-13-15-4-5-16(13)8-10-1-2-11-12(7-10)18-9-17-11/h1-2,4-5,7H,6,8-9H2. The summed E-state index contributed by atoms with van der Waals surface area (Å²) in [4.78, 5) is 4.24. The van der Waals surface area contributed by atoms with Crippen LogP contribution in [-0.4, -0.2) is 22.1 Å². The zero-order chi connectivity index (χ0) is 13.1. The summed E-state index contributed by atoms with van der Waals surface area (Å²) < 4.78 is 12.7. The van der Waals surface area contributed by atoms with Gasteiger partial charge in [0.05, 0.1) is 11.8 Å². The summed E-state index contributed by atoms with van der Waals surface area (Å²) in [5, 5.41) is 9.46. The summed E-state index contributed by atoms with van der Waals surface area (Å²) in [6, 6.07) is 8.00. The lowest BCUT2D eigenvalue weighted by Gasteiger charge is -2.07. The molecule has 96 valence electrons. The van der Waals surface area contributed by atoms with Crippen molar-refractivity contribution in [2.45, 2.75) is 11.7 Å². The molecule has 6 heteroatoms. The number of ether oxygens (including phenoxy) is 2. The second-order valence-electron chi connectivity index (χ2n) is 3.97. The van der Waals surface area contributed by atoms with E-state index >= 15 is 0 Å². The van der Waals surface area contributed by atoms with Gasteiger partial charge in [0.15, 0.2) is 16.7 Å². The third-order valence-corrected chi connectivity index (χ3v) is 3.60. The molecule has 0 atom stereocenters. The maximum atomic E-state index is 8.61. The van der Waals surface area contributed by atoms with Crippen LogP contribution in [0, 0.1) is 11.3 Å². The summed E-state index contributed by atoms with van der Waals surface area (Å²) >= 11 is 1.43. The van der Waals surface area contributed by atoms with Crippen molar-refractivity contribution in [2.24, 2.45) is 0 Å². The predicted octanol–water partition coefficient (Wildman–Crippen LogP) is 2.28. The minimum atomic E-state index is 0.285. The highest BCUT2D eigenvalue weighted by Gasteiger charge is 2.13. The molecule has 0 saturated heterocycles. The fraction of sp³-hybridized carbons (Fsp3) is 0.231. The van der Waals surface area contributed by atoms with Crippen molar-refractivity contribution in [1.82, 2.24) is 9.55 Å². The Morgan fingerprint density at radius 3 is 3.16 bits per heavy atom. The van der Waals surface area contributed by atoms with Gasteiger partial charge in [0.1, 0.15) is 0 Å². The largest absolute Gasteiger partial charge is 0.454 e. The van der Waals surface area contributed by atoms with Crippen LogP contribution < -0.4 is 9.47 Å². The Labute approximate surface area is 114 Å². The van der Waals surface area contributed by atoms with Gasteiger partial charge in [-0.3, -0.25) is 0 Å². The Morgan fingerprint density at radius 2 is 2.26 bits per heavy atom. The van der Waals surface area contributed by atoms with Crippen LogP contribution in [0.4, 0.5) is 0 Å². The van der Waals surface area contributed by atoms with Crippen molar-refractivity contribution in [3.63, 3.8) is 0 Å². The van der Waals surface area contributed by atoms with E-state index in [4.69, 9.17) is 14.7 Å². The van der Waals surface area contributed by atoms with Gasteiger partial charge in [-0.15, -0.1) is 0 Å². The van der Waals surface area contributed by atoms with Crippen molar-refractivity contribution in [3.05, 3.63) is 36.2 Å². The van der Waals surface area contributed by atoms with E-state index in [9.17, 15) is 0 Å². The lowest BCUT2D eigenvalue weighted by molar-refractivity contribution is 0.174. The number of rotatable bonds is 4. The molecule has 3 rings (SSSR count). The van der Waals surface area contributed by atoms with Crippen LogP contribution in [0.5, 0.6) is 11.5 Å². The highest BCUT2D eigenvalue weighted by molar-refractivity contribution is 7.99. The number of aromatic nitrogens is 2. The first-order valence-electron chi connectivity index (χ1n) is 5.76. The maximum Gasteiger partial charge on any atom is 0.231 e. The molecule has 19 heavy (non-hydrogen) atoms. The number of imidazole rings is 1. The van der Waals surface area contributed by atoms with Crippen LogP contribution in [0.15, 0.2) is 35.7 Å². The molecule has 0 spiro atoms. The van der Waals surface area contributed by atoms with E-state index in [0.29, 0.717) is 12.3 Å². The topological polar surface area (TPSA) is 60.1 Å². The average molecular weight is 273 g/mol. The first-order valence-corrected chi connectivity index (χ1v) is 6.75. The lowest BCUT2D eigenvalue weighted by atomic mass is 10.2. The molecular formula is C13H11N3O2S. The molecule has 1 aliphatic heterocycles. The Bertz CT molecular complexity index is 633. The fourth-order valence-corrected chi connectivity index (χ4v) is 2.51. The first kappa shape index (κ1) is 11.9. The van der Waals surface area contributed by atoms with Crippen molar-refractivity contribution in [3.8, 4) is 17.6 Å². The van der Waals surface area contributed by atoms with Crippen LogP contribution in [-0.2, 0) is 6.54 Å². The molecule has 1 aliphatic rings. The van der Waals surface area contributed by atoms with Crippen LogP contribution in [0.2, 0.25) is 0 Å². The smallest absolute Gasteiger partial charge is 0.231 e. The van der Waals surface area contributed by atoms with Crippen molar-refractivity contribution >= 4 is 11.8 Å². The average Bonchev–Trinajstić information content (AvgIpc) is 3.05. The molecule has 0 amide bonds. The Balaban J connectivity index is 1.78. The lowest BCUT2D eigenvalue weighted by Crippen LogP contribution is -2.00. The van der Waals surface area contributed by atoms with E-state index in [2.05, 4.69) is 11.1 Å². The number of fused-ring (bicyclic) bond motifs is 1. The van der Waals surface area contributed by atoms with Gasteiger partial charge in [-0.05, 0) is 17.7 Å². The van der Waals surface area contributed by atoms with E-state index in [1.54, 1.807) is 6.20 Å². The van der Waals surface area contributed by atoms with Gasteiger partial charge in [-0.1, -0.05) is 17.8 Å². The quantitative estimate of drug-likeness (QED) is 0.800. The minimum Gasteiger partial charge on any atom is -0.454 e. The van der Waals surface area contributed by atoms with Crippen LogP contribution >= 0.6 is 11.8 Å². The normalized spacial score (nSPS) is 12.4. The highest BCUT2D eigenvalue weighted by Crippen LogP contribution is 2.32. The second-order valence-corrected chi connectivity index (χ2v) is 4.91. The molecule has 0 unspecified atom stereocenters. The highest BCUT2D eigenvalue weighted by atomic mass is 32.2. The van der Waals surface area contributed by atoms with E-state index < -0.39 is 0 Å². The molecule has 0 bridgehead atoms. The van der Waals surface area contributed by atoms with E-state index in [1.165, 1.54) is 11.8 Å². The van der Waals surface area contributed by atoms with Crippen LogP contribution in [0.25, 0.3) is 0 Å².